The molecule has 2 amide bonds. The lowest BCUT2D eigenvalue weighted by Gasteiger charge is -2.38. The number of hydrogen-bond acceptors (Lipinski definition) is 4. The van der Waals surface area contributed by atoms with Crippen molar-refractivity contribution in [3.8, 4) is 0 Å². The SMILES string of the molecule is COC(=O)c1ccc(NC(=O)C2CCC(=O)N(C)C2c2ccccc2)cc1. The second kappa shape index (κ2) is 8.03. The van der Waals surface area contributed by atoms with Crippen molar-refractivity contribution in [2.24, 2.45) is 5.92 Å². The minimum absolute atomic E-state index is 0.0373. The molecular formula is C21H22N2O4. The van der Waals surface area contributed by atoms with Crippen LogP contribution in [0.4, 0.5) is 5.69 Å². The fourth-order valence-electron chi connectivity index (χ4n) is 3.46. The number of anilines is 1. The van der Waals surface area contributed by atoms with Gasteiger partial charge in [0.05, 0.1) is 24.6 Å². The number of hydrogen-bond donors (Lipinski definition) is 1. The summed E-state index contributed by atoms with van der Waals surface area (Å²) in [4.78, 5) is 38.3. The third-order valence-electron chi connectivity index (χ3n) is 4.91. The molecule has 1 aliphatic heterocycles. The molecule has 3 rings (SSSR count). The number of esters is 1. The molecule has 0 bridgehead atoms. The summed E-state index contributed by atoms with van der Waals surface area (Å²) in [5.74, 6) is -0.885. The first-order valence-corrected chi connectivity index (χ1v) is 8.81. The first kappa shape index (κ1) is 18.6. The van der Waals surface area contributed by atoms with E-state index in [0.29, 0.717) is 24.1 Å². The number of methoxy groups -OCH3 is 1. The lowest BCUT2D eigenvalue weighted by molar-refractivity contribution is -0.140. The van der Waals surface area contributed by atoms with Crippen molar-refractivity contribution >= 4 is 23.5 Å². The van der Waals surface area contributed by atoms with Gasteiger partial charge in [0.1, 0.15) is 0 Å². The van der Waals surface area contributed by atoms with Gasteiger partial charge in [-0.25, -0.2) is 4.79 Å². The van der Waals surface area contributed by atoms with Crippen LogP contribution in [0.2, 0.25) is 0 Å². The van der Waals surface area contributed by atoms with Crippen LogP contribution in [-0.2, 0) is 14.3 Å². The van der Waals surface area contributed by atoms with Gasteiger partial charge in [-0.15, -0.1) is 0 Å². The quantitative estimate of drug-likeness (QED) is 0.844. The molecule has 2 aromatic carbocycles. The maximum absolute atomic E-state index is 12.9. The van der Waals surface area contributed by atoms with Crippen molar-refractivity contribution in [1.29, 1.82) is 0 Å². The smallest absolute Gasteiger partial charge is 0.337 e. The lowest BCUT2D eigenvalue weighted by Crippen LogP contribution is -2.44. The molecule has 1 N–H and O–H groups in total. The van der Waals surface area contributed by atoms with Crippen LogP contribution < -0.4 is 5.32 Å². The van der Waals surface area contributed by atoms with Gasteiger partial charge in [-0.3, -0.25) is 9.59 Å². The van der Waals surface area contributed by atoms with Gasteiger partial charge in [-0.1, -0.05) is 30.3 Å². The van der Waals surface area contributed by atoms with Gasteiger partial charge in [0.15, 0.2) is 0 Å². The molecule has 1 aliphatic rings. The predicted octanol–water partition coefficient (Wildman–Crippen LogP) is 3.02. The van der Waals surface area contributed by atoms with Crippen molar-refractivity contribution in [3.05, 3.63) is 65.7 Å². The number of amides is 2. The first-order valence-electron chi connectivity index (χ1n) is 8.81. The zero-order valence-corrected chi connectivity index (χ0v) is 15.3. The Balaban J connectivity index is 1.79. The molecule has 2 unspecified atom stereocenters. The van der Waals surface area contributed by atoms with Gasteiger partial charge in [-0.05, 0) is 36.2 Å². The minimum atomic E-state index is -0.426. The molecule has 1 saturated heterocycles. The van der Waals surface area contributed by atoms with Crippen LogP contribution in [0.5, 0.6) is 0 Å². The number of ether oxygens (including phenoxy) is 1. The number of likely N-dealkylation sites (tertiary alicyclic amines) is 1. The van der Waals surface area contributed by atoms with Crippen LogP contribution in [0.3, 0.4) is 0 Å². The molecule has 0 radical (unpaired) electrons. The summed E-state index contributed by atoms with van der Waals surface area (Å²) in [7, 11) is 3.06. The molecular weight excluding hydrogens is 344 g/mol. The maximum atomic E-state index is 12.9. The molecule has 2 aromatic rings. The summed E-state index contributed by atoms with van der Waals surface area (Å²) in [6.07, 6.45) is 0.841. The Morgan fingerprint density at radius 2 is 1.74 bits per heavy atom. The Kier molecular flexibility index (Phi) is 5.54. The van der Waals surface area contributed by atoms with E-state index in [4.69, 9.17) is 0 Å². The van der Waals surface area contributed by atoms with Crippen molar-refractivity contribution in [3.63, 3.8) is 0 Å². The third kappa shape index (κ3) is 4.00. The summed E-state index contributed by atoms with van der Waals surface area (Å²) in [6.45, 7) is 0. The van der Waals surface area contributed by atoms with Crippen LogP contribution in [0, 0.1) is 5.92 Å². The summed E-state index contributed by atoms with van der Waals surface area (Å²) in [5, 5.41) is 2.90. The predicted molar refractivity (Wildman–Crippen MR) is 101 cm³/mol. The average molecular weight is 366 g/mol. The zero-order valence-electron chi connectivity index (χ0n) is 15.3. The fraction of sp³-hybridized carbons (Fsp3) is 0.286. The Morgan fingerprint density at radius 3 is 2.37 bits per heavy atom. The summed E-state index contributed by atoms with van der Waals surface area (Å²) in [6, 6.07) is 15.8. The van der Waals surface area contributed by atoms with Gasteiger partial charge in [-0.2, -0.15) is 0 Å². The van der Waals surface area contributed by atoms with E-state index in [1.54, 1.807) is 36.2 Å². The molecule has 140 valence electrons. The van der Waals surface area contributed by atoms with E-state index < -0.39 is 5.97 Å². The molecule has 1 fully saturated rings. The van der Waals surface area contributed by atoms with E-state index in [-0.39, 0.29) is 23.8 Å². The number of piperidine rings is 1. The molecule has 1 heterocycles. The van der Waals surface area contributed by atoms with Gasteiger partial charge in [0.25, 0.3) is 0 Å². The fourth-order valence-corrected chi connectivity index (χ4v) is 3.46. The monoisotopic (exact) mass is 366 g/mol. The number of carbonyl (C=O) groups is 3. The zero-order chi connectivity index (χ0) is 19.4. The highest BCUT2D eigenvalue weighted by Gasteiger charge is 2.38. The van der Waals surface area contributed by atoms with Crippen molar-refractivity contribution in [2.75, 3.05) is 19.5 Å². The Labute approximate surface area is 158 Å². The number of nitrogens with one attached hydrogen (secondary N) is 1. The highest BCUT2D eigenvalue weighted by Crippen LogP contribution is 2.36. The van der Waals surface area contributed by atoms with E-state index in [0.717, 1.165) is 5.56 Å². The van der Waals surface area contributed by atoms with Crippen LogP contribution in [0.25, 0.3) is 0 Å². The Bertz CT molecular complexity index is 833. The van der Waals surface area contributed by atoms with Crippen LogP contribution in [0.15, 0.2) is 54.6 Å². The molecule has 0 spiro atoms. The maximum Gasteiger partial charge on any atom is 0.337 e. The molecule has 0 aliphatic carbocycles. The number of benzene rings is 2. The van der Waals surface area contributed by atoms with Crippen LogP contribution >= 0.6 is 0 Å². The number of carbonyl (C=O) groups excluding carboxylic acids is 3. The molecule has 6 nitrogen and oxygen atoms in total. The number of rotatable bonds is 4. The van der Waals surface area contributed by atoms with E-state index in [1.807, 2.05) is 30.3 Å². The lowest BCUT2D eigenvalue weighted by atomic mass is 9.84. The van der Waals surface area contributed by atoms with Crippen molar-refractivity contribution < 1.29 is 19.1 Å². The third-order valence-corrected chi connectivity index (χ3v) is 4.91. The van der Waals surface area contributed by atoms with Gasteiger partial charge in [0, 0.05) is 19.2 Å². The Hall–Kier alpha value is -3.15. The molecule has 2 atom stereocenters. The van der Waals surface area contributed by atoms with E-state index in [1.165, 1.54) is 7.11 Å². The highest BCUT2D eigenvalue weighted by molar-refractivity contribution is 5.95. The molecule has 0 saturated carbocycles. The highest BCUT2D eigenvalue weighted by atomic mass is 16.5. The molecule has 6 heteroatoms. The van der Waals surface area contributed by atoms with Gasteiger partial charge < -0.3 is 15.0 Å². The second-order valence-electron chi connectivity index (χ2n) is 6.56. The summed E-state index contributed by atoms with van der Waals surface area (Å²) in [5.41, 5.74) is 1.95. The number of nitrogens with zero attached hydrogens (tertiary/aromatic N) is 1. The van der Waals surface area contributed by atoms with Gasteiger partial charge >= 0.3 is 5.97 Å². The van der Waals surface area contributed by atoms with E-state index in [2.05, 4.69) is 10.1 Å². The standard InChI is InChI=1S/C21H22N2O4/c1-23-18(24)13-12-17(19(23)14-6-4-3-5-7-14)20(25)22-16-10-8-15(9-11-16)21(26)27-2/h3-11,17,19H,12-13H2,1-2H3,(H,22,25). The van der Waals surface area contributed by atoms with Crippen LogP contribution in [0.1, 0.15) is 34.8 Å². The van der Waals surface area contributed by atoms with Crippen molar-refractivity contribution in [1.82, 2.24) is 4.90 Å². The van der Waals surface area contributed by atoms with Gasteiger partial charge in [0.2, 0.25) is 11.8 Å². The van der Waals surface area contributed by atoms with Crippen molar-refractivity contribution in [2.45, 2.75) is 18.9 Å². The topological polar surface area (TPSA) is 75.7 Å². The first-order chi connectivity index (χ1) is 13.0. The summed E-state index contributed by atoms with van der Waals surface area (Å²) >= 11 is 0. The second-order valence-corrected chi connectivity index (χ2v) is 6.56. The van der Waals surface area contributed by atoms with E-state index in [9.17, 15) is 14.4 Å². The average Bonchev–Trinajstić information content (AvgIpc) is 2.70. The van der Waals surface area contributed by atoms with Crippen LogP contribution in [-0.4, -0.2) is 36.8 Å². The minimum Gasteiger partial charge on any atom is -0.465 e. The largest absolute Gasteiger partial charge is 0.465 e. The summed E-state index contributed by atoms with van der Waals surface area (Å²) < 4.78 is 4.67. The normalized spacial score (nSPS) is 19.5. The molecule has 27 heavy (non-hydrogen) atoms. The van der Waals surface area contributed by atoms with E-state index >= 15 is 0 Å². The Morgan fingerprint density at radius 1 is 1.07 bits per heavy atom. The molecule has 0 aromatic heterocycles.